The van der Waals surface area contributed by atoms with Crippen LogP contribution in [0.3, 0.4) is 0 Å². The molecule has 1 unspecified atom stereocenters. The van der Waals surface area contributed by atoms with E-state index in [2.05, 4.69) is 5.32 Å². The van der Waals surface area contributed by atoms with Crippen LogP contribution in [0.5, 0.6) is 0 Å². The van der Waals surface area contributed by atoms with Crippen molar-refractivity contribution in [3.8, 4) is 0 Å². The van der Waals surface area contributed by atoms with Gasteiger partial charge in [-0.25, -0.2) is 4.39 Å². The molecule has 1 rings (SSSR count). The highest BCUT2D eigenvalue weighted by molar-refractivity contribution is 6.31. The van der Waals surface area contributed by atoms with Gasteiger partial charge < -0.3 is 16.2 Å². The summed E-state index contributed by atoms with van der Waals surface area (Å²) in [6.45, 7) is -0.0629. The number of anilines is 1. The van der Waals surface area contributed by atoms with Crippen LogP contribution in [-0.4, -0.2) is 23.7 Å². The van der Waals surface area contributed by atoms with E-state index in [9.17, 15) is 9.18 Å². The first-order chi connectivity index (χ1) is 7.02. The third-order valence-electron chi connectivity index (χ3n) is 1.78. The zero-order valence-corrected chi connectivity index (χ0v) is 8.46. The van der Waals surface area contributed by atoms with Crippen LogP contribution in [0, 0.1) is 5.82 Å². The lowest BCUT2D eigenvalue weighted by Crippen LogP contribution is -2.37. The molecule has 0 bridgehead atoms. The Labute approximate surface area is 90.8 Å². The lowest BCUT2D eigenvalue weighted by atomic mass is 10.2. The molecule has 1 atom stereocenters. The number of carboxylic acids is 1. The first-order valence-corrected chi connectivity index (χ1v) is 4.56. The van der Waals surface area contributed by atoms with Crippen molar-refractivity contribution in [2.45, 2.75) is 6.04 Å². The van der Waals surface area contributed by atoms with Crippen LogP contribution in [0.15, 0.2) is 18.2 Å². The van der Waals surface area contributed by atoms with Crippen LogP contribution >= 0.6 is 11.6 Å². The van der Waals surface area contributed by atoms with E-state index in [-0.39, 0.29) is 17.3 Å². The Morgan fingerprint density at radius 2 is 2.33 bits per heavy atom. The number of rotatable bonds is 4. The van der Waals surface area contributed by atoms with E-state index in [0.29, 0.717) is 0 Å². The summed E-state index contributed by atoms with van der Waals surface area (Å²) in [5.41, 5.74) is 5.37. The lowest BCUT2D eigenvalue weighted by molar-refractivity contribution is -0.138. The predicted molar refractivity (Wildman–Crippen MR) is 55.5 cm³/mol. The molecule has 0 aliphatic rings. The van der Waals surface area contributed by atoms with E-state index >= 15 is 0 Å². The van der Waals surface area contributed by atoms with Gasteiger partial charge in [-0.15, -0.1) is 0 Å². The van der Waals surface area contributed by atoms with Gasteiger partial charge in [0.2, 0.25) is 0 Å². The monoisotopic (exact) mass is 232 g/mol. The van der Waals surface area contributed by atoms with E-state index in [0.717, 1.165) is 0 Å². The largest absolute Gasteiger partial charge is 0.480 e. The Kier molecular flexibility index (Phi) is 3.88. The molecule has 0 fully saturated rings. The SMILES string of the molecule is NC(CNc1cccc(Cl)c1F)C(=O)O. The van der Waals surface area contributed by atoms with E-state index in [1.807, 2.05) is 0 Å². The van der Waals surface area contributed by atoms with Crippen molar-refractivity contribution in [2.24, 2.45) is 5.73 Å². The number of nitrogens with two attached hydrogens (primary N) is 1. The summed E-state index contributed by atoms with van der Waals surface area (Å²) >= 11 is 5.53. The predicted octanol–water partition coefficient (Wildman–Crippen LogP) is 1.30. The van der Waals surface area contributed by atoms with Gasteiger partial charge in [0.15, 0.2) is 5.82 Å². The van der Waals surface area contributed by atoms with Gasteiger partial charge in [-0.2, -0.15) is 0 Å². The maximum atomic E-state index is 13.3. The summed E-state index contributed by atoms with van der Waals surface area (Å²) in [4.78, 5) is 10.4. The van der Waals surface area contributed by atoms with Gasteiger partial charge in [-0.1, -0.05) is 17.7 Å². The van der Waals surface area contributed by atoms with Gasteiger partial charge in [0.25, 0.3) is 0 Å². The minimum atomic E-state index is -1.15. The molecule has 4 N–H and O–H groups in total. The number of benzene rings is 1. The Balaban J connectivity index is 2.66. The van der Waals surface area contributed by atoms with Gasteiger partial charge >= 0.3 is 5.97 Å². The van der Waals surface area contributed by atoms with E-state index in [4.69, 9.17) is 22.4 Å². The normalized spacial score (nSPS) is 12.2. The molecule has 82 valence electrons. The molecular formula is C9H10ClFN2O2. The van der Waals surface area contributed by atoms with Crippen molar-refractivity contribution < 1.29 is 14.3 Å². The van der Waals surface area contributed by atoms with Crippen LogP contribution in [0.4, 0.5) is 10.1 Å². The second-order valence-electron chi connectivity index (χ2n) is 2.93. The number of aliphatic carboxylic acids is 1. The maximum Gasteiger partial charge on any atom is 0.322 e. The quantitative estimate of drug-likeness (QED) is 0.732. The molecule has 0 amide bonds. The molecule has 15 heavy (non-hydrogen) atoms. The number of carboxylic acid groups (broad SMARTS) is 1. The van der Waals surface area contributed by atoms with Gasteiger partial charge in [0.1, 0.15) is 6.04 Å². The highest BCUT2D eigenvalue weighted by Gasteiger charge is 2.12. The van der Waals surface area contributed by atoms with Crippen molar-refractivity contribution in [3.63, 3.8) is 0 Å². The fraction of sp³-hybridized carbons (Fsp3) is 0.222. The second-order valence-corrected chi connectivity index (χ2v) is 3.33. The smallest absolute Gasteiger partial charge is 0.322 e. The van der Waals surface area contributed by atoms with Crippen molar-refractivity contribution in [3.05, 3.63) is 29.0 Å². The number of carbonyl (C=O) groups is 1. The Morgan fingerprint density at radius 3 is 2.93 bits per heavy atom. The topological polar surface area (TPSA) is 75.3 Å². The molecule has 6 heteroatoms. The molecule has 0 saturated carbocycles. The van der Waals surface area contributed by atoms with Gasteiger partial charge in [-0.3, -0.25) is 4.79 Å². The zero-order chi connectivity index (χ0) is 11.4. The first kappa shape index (κ1) is 11.7. The van der Waals surface area contributed by atoms with E-state index in [1.165, 1.54) is 12.1 Å². The Hall–Kier alpha value is -1.33. The molecule has 0 heterocycles. The summed E-state index contributed by atoms with van der Waals surface area (Å²) in [6, 6.07) is 3.33. The minimum absolute atomic E-state index is 0.0242. The molecule has 0 spiro atoms. The van der Waals surface area contributed by atoms with Gasteiger partial charge in [0.05, 0.1) is 10.7 Å². The zero-order valence-electron chi connectivity index (χ0n) is 7.71. The second kappa shape index (κ2) is 4.95. The molecule has 0 radical (unpaired) electrons. The Morgan fingerprint density at radius 1 is 1.67 bits per heavy atom. The fourth-order valence-corrected chi connectivity index (χ4v) is 1.12. The highest BCUT2D eigenvalue weighted by atomic mass is 35.5. The number of nitrogens with one attached hydrogen (secondary N) is 1. The van der Waals surface area contributed by atoms with Crippen molar-refractivity contribution in [1.29, 1.82) is 0 Å². The summed E-state index contributed by atoms with van der Waals surface area (Å²) in [7, 11) is 0. The van der Waals surface area contributed by atoms with Crippen LogP contribution in [-0.2, 0) is 4.79 Å². The highest BCUT2D eigenvalue weighted by Crippen LogP contribution is 2.21. The Bertz CT molecular complexity index is 373. The summed E-state index contributed by atoms with van der Waals surface area (Å²) in [6.07, 6.45) is 0. The number of hydrogen-bond donors (Lipinski definition) is 3. The fourth-order valence-electron chi connectivity index (χ4n) is 0.948. The number of halogens is 2. The number of hydrogen-bond acceptors (Lipinski definition) is 3. The molecule has 1 aromatic carbocycles. The summed E-state index contributed by atoms with van der Waals surface area (Å²) in [5.74, 6) is -1.76. The van der Waals surface area contributed by atoms with Crippen LogP contribution in [0.1, 0.15) is 0 Å². The summed E-state index contributed by atoms with van der Waals surface area (Å²) < 4.78 is 13.3. The molecule has 0 saturated heterocycles. The average Bonchev–Trinajstić information content (AvgIpc) is 2.19. The van der Waals surface area contributed by atoms with E-state index < -0.39 is 17.8 Å². The van der Waals surface area contributed by atoms with Crippen molar-refractivity contribution in [1.82, 2.24) is 0 Å². The standard InChI is InChI=1S/C9H10ClFN2O2/c10-5-2-1-3-7(8(5)11)13-4-6(12)9(14)15/h1-3,6,13H,4,12H2,(H,14,15). The third kappa shape index (κ3) is 3.07. The van der Waals surface area contributed by atoms with Crippen LogP contribution in [0.25, 0.3) is 0 Å². The molecule has 0 aliphatic heterocycles. The molecule has 0 aromatic heterocycles. The molecule has 0 aliphatic carbocycles. The molecule has 4 nitrogen and oxygen atoms in total. The minimum Gasteiger partial charge on any atom is -0.480 e. The lowest BCUT2D eigenvalue weighted by Gasteiger charge is -2.10. The van der Waals surface area contributed by atoms with Gasteiger partial charge in [-0.05, 0) is 12.1 Å². The van der Waals surface area contributed by atoms with Crippen molar-refractivity contribution in [2.75, 3.05) is 11.9 Å². The average molecular weight is 233 g/mol. The molecular weight excluding hydrogens is 223 g/mol. The molecule has 1 aromatic rings. The third-order valence-corrected chi connectivity index (χ3v) is 2.07. The maximum absolute atomic E-state index is 13.3. The van der Waals surface area contributed by atoms with Crippen molar-refractivity contribution >= 4 is 23.3 Å². The van der Waals surface area contributed by atoms with Gasteiger partial charge in [0, 0.05) is 6.54 Å². The van der Waals surface area contributed by atoms with E-state index in [1.54, 1.807) is 6.07 Å². The first-order valence-electron chi connectivity index (χ1n) is 4.18. The summed E-state index contributed by atoms with van der Waals surface area (Å²) in [5, 5.41) is 11.0. The van der Waals surface area contributed by atoms with Crippen LogP contribution < -0.4 is 11.1 Å². The van der Waals surface area contributed by atoms with Crippen LogP contribution in [0.2, 0.25) is 5.02 Å².